The molecular formula is C30H23N3O2S. The molecule has 6 heteroatoms. The van der Waals surface area contributed by atoms with Crippen molar-refractivity contribution >= 4 is 33.1 Å². The summed E-state index contributed by atoms with van der Waals surface area (Å²) in [7, 11) is 0. The highest BCUT2D eigenvalue weighted by Crippen LogP contribution is 2.39. The molecule has 2 aromatic heterocycles. The highest BCUT2D eigenvalue weighted by Gasteiger charge is 2.21. The number of nitrogens with one attached hydrogen (secondary N) is 1. The van der Waals surface area contributed by atoms with Crippen molar-refractivity contribution in [2.24, 2.45) is 0 Å². The van der Waals surface area contributed by atoms with Crippen molar-refractivity contribution in [1.82, 2.24) is 4.98 Å². The number of para-hydroxylation sites is 1. The van der Waals surface area contributed by atoms with Crippen molar-refractivity contribution in [3.05, 3.63) is 101 Å². The second kappa shape index (κ2) is 10.0. The van der Waals surface area contributed by atoms with Gasteiger partial charge in [-0.05, 0) is 43.7 Å². The van der Waals surface area contributed by atoms with Crippen molar-refractivity contribution in [2.75, 3.05) is 11.9 Å². The van der Waals surface area contributed by atoms with E-state index in [2.05, 4.69) is 11.4 Å². The van der Waals surface area contributed by atoms with E-state index in [-0.39, 0.29) is 5.91 Å². The lowest BCUT2D eigenvalue weighted by molar-refractivity contribution is 0.102. The number of carbonyl (C=O) groups excluding carboxylic acids is 1. The molecule has 0 fully saturated rings. The Kier molecular flexibility index (Phi) is 6.48. The minimum atomic E-state index is -0.284. The van der Waals surface area contributed by atoms with Gasteiger partial charge in [0, 0.05) is 21.4 Å². The molecule has 0 radical (unpaired) electrons. The molecule has 0 aliphatic carbocycles. The van der Waals surface area contributed by atoms with Gasteiger partial charge in [0.15, 0.2) is 0 Å². The second-order valence-corrected chi connectivity index (χ2v) is 9.43. The van der Waals surface area contributed by atoms with Crippen LogP contribution in [0.1, 0.15) is 27.7 Å². The first-order valence-corrected chi connectivity index (χ1v) is 12.4. The normalized spacial score (nSPS) is 10.7. The number of anilines is 1. The average molecular weight is 490 g/mol. The van der Waals surface area contributed by atoms with Crippen LogP contribution in [0, 0.1) is 18.3 Å². The molecule has 1 amide bonds. The fourth-order valence-electron chi connectivity index (χ4n) is 4.29. The van der Waals surface area contributed by atoms with E-state index in [1.54, 1.807) is 6.07 Å². The number of fused-ring (bicyclic) bond motifs is 1. The van der Waals surface area contributed by atoms with Gasteiger partial charge in [0.25, 0.3) is 5.91 Å². The molecule has 1 N–H and O–H groups in total. The van der Waals surface area contributed by atoms with Gasteiger partial charge < -0.3 is 10.1 Å². The maximum absolute atomic E-state index is 13.6. The molecule has 0 aliphatic heterocycles. The molecule has 0 aliphatic rings. The van der Waals surface area contributed by atoms with E-state index in [1.165, 1.54) is 11.3 Å². The number of benzene rings is 3. The summed E-state index contributed by atoms with van der Waals surface area (Å²) in [5.41, 5.74) is 5.02. The third-order valence-corrected chi connectivity index (χ3v) is 6.91. The van der Waals surface area contributed by atoms with Gasteiger partial charge in [-0.2, -0.15) is 5.26 Å². The topological polar surface area (TPSA) is 75.0 Å². The van der Waals surface area contributed by atoms with Crippen LogP contribution in [0.4, 0.5) is 5.00 Å². The standard InChI is InChI=1S/C30H23N3O2S/c1-3-35-22-13-9-12-21(16-22)27-17-24(23-14-7-8-15-26(23)32-27)29(34)33-30-25(18-31)28(19(2)36-30)20-10-5-4-6-11-20/h4-17H,3H2,1-2H3,(H,33,34). The molecule has 0 saturated carbocycles. The minimum Gasteiger partial charge on any atom is -0.494 e. The minimum absolute atomic E-state index is 0.284. The summed E-state index contributed by atoms with van der Waals surface area (Å²) in [6.45, 7) is 4.47. The molecule has 3 aromatic carbocycles. The number of hydrogen-bond acceptors (Lipinski definition) is 5. The molecule has 0 bridgehead atoms. The van der Waals surface area contributed by atoms with E-state index < -0.39 is 0 Å². The maximum atomic E-state index is 13.6. The summed E-state index contributed by atoms with van der Waals surface area (Å²) in [6.07, 6.45) is 0. The SMILES string of the molecule is CCOc1cccc(-c2cc(C(=O)Nc3sc(C)c(-c4ccccc4)c3C#N)c3ccccc3n2)c1. The third-order valence-electron chi connectivity index (χ3n) is 5.89. The number of carbonyl (C=O) groups is 1. The van der Waals surface area contributed by atoms with E-state index in [0.29, 0.717) is 28.4 Å². The Balaban J connectivity index is 1.57. The van der Waals surface area contributed by atoms with Crippen LogP contribution < -0.4 is 10.1 Å². The van der Waals surface area contributed by atoms with Gasteiger partial charge in [-0.3, -0.25) is 4.79 Å². The lowest BCUT2D eigenvalue weighted by Gasteiger charge is -2.11. The Labute approximate surface area is 213 Å². The number of amides is 1. The van der Waals surface area contributed by atoms with Crippen LogP contribution in [0.3, 0.4) is 0 Å². The number of aromatic nitrogens is 1. The third kappa shape index (κ3) is 4.45. The van der Waals surface area contributed by atoms with Crippen molar-refractivity contribution in [3.8, 4) is 34.2 Å². The molecule has 0 unspecified atom stereocenters. The Bertz CT molecular complexity index is 1620. The highest BCUT2D eigenvalue weighted by molar-refractivity contribution is 7.17. The lowest BCUT2D eigenvalue weighted by Crippen LogP contribution is -2.13. The number of pyridine rings is 1. The van der Waals surface area contributed by atoms with Gasteiger partial charge in [-0.1, -0.05) is 60.7 Å². The van der Waals surface area contributed by atoms with Gasteiger partial charge in [0.05, 0.1) is 28.9 Å². The van der Waals surface area contributed by atoms with Gasteiger partial charge >= 0.3 is 0 Å². The zero-order chi connectivity index (χ0) is 25.1. The molecule has 5 rings (SSSR count). The first-order chi connectivity index (χ1) is 17.6. The van der Waals surface area contributed by atoms with Crippen LogP contribution in [0.5, 0.6) is 5.75 Å². The van der Waals surface area contributed by atoms with Crippen molar-refractivity contribution < 1.29 is 9.53 Å². The summed E-state index contributed by atoms with van der Waals surface area (Å²) in [5, 5.41) is 14.3. The van der Waals surface area contributed by atoms with Gasteiger partial charge in [0.1, 0.15) is 16.8 Å². The maximum Gasteiger partial charge on any atom is 0.257 e. The van der Waals surface area contributed by atoms with E-state index >= 15 is 0 Å². The summed E-state index contributed by atoms with van der Waals surface area (Å²) in [6, 6.07) is 29.1. The summed E-state index contributed by atoms with van der Waals surface area (Å²) in [4.78, 5) is 19.4. The Morgan fingerprint density at radius 3 is 2.53 bits per heavy atom. The van der Waals surface area contributed by atoms with Crippen LogP contribution in [-0.2, 0) is 0 Å². The van der Waals surface area contributed by atoms with Crippen LogP contribution in [0.15, 0.2) is 84.9 Å². The molecular weight excluding hydrogens is 466 g/mol. The first-order valence-electron chi connectivity index (χ1n) is 11.6. The van der Waals surface area contributed by atoms with Gasteiger partial charge in [-0.15, -0.1) is 11.3 Å². The zero-order valence-corrected chi connectivity index (χ0v) is 20.7. The molecule has 5 nitrogen and oxygen atoms in total. The van der Waals surface area contributed by atoms with Crippen molar-refractivity contribution in [2.45, 2.75) is 13.8 Å². The van der Waals surface area contributed by atoms with Crippen LogP contribution in [0.25, 0.3) is 33.3 Å². The van der Waals surface area contributed by atoms with Gasteiger partial charge in [-0.25, -0.2) is 4.98 Å². The van der Waals surface area contributed by atoms with Crippen molar-refractivity contribution in [3.63, 3.8) is 0 Å². The molecule has 36 heavy (non-hydrogen) atoms. The summed E-state index contributed by atoms with van der Waals surface area (Å²) >= 11 is 1.41. The van der Waals surface area contributed by atoms with Crippen molar-refractivity contribution in [1.29, 1.82) is 5.26 Å². The molecule has 0 spiro atoms. The summed E-state index contributed by atoms with van der Waals surface area (Å²) in [5.74, 6) is 0.463. The monoisotopic (exact) mass is 489 g/mol. The quantitative estimate of drug-likeness (QED) is 0.269. The molecule has 5 aromatic rings. The number of rotatable bonds is 6. The lowest BCUT2D eigenvalue weighted by atomic mass is 10.0. The fourth-order valence-corrected chi connectivity index (χ4v) is 5.31. The van der Waals surface area contributed by atoms with Crippen LogP contribution in [0.2, 0.25) is 0 Å². The number of nitriles is 1. The number of aryl methyl sites for hydroxylation is 1. The number of nitrogens with zero attached hydrogens (tertiary/aromatic N) is 2. The Morgan fingerprint density at radius 1 is 1.00 bits per heavy atom. The molecule has 0 saturated heterocycles. The Morgan fingerprint density at radius 2 is 1.75 bits per heavy atom. The highest BCUT2D eigenvalue weighted by atomic mass is 32.1. The Hall–Kier alpha value is -4.47. The van der Waals surface area contributed by atoms with Crippen LogP contribution in [-0.4, -0.2) is 17.5 Å². The second-order valence-electron chi connectivity index (χ2n) is 8.20. The zero-order valence-electron chi connectivity index (χ0n) is 19.9. The molecule has 0 atom stereocenters. The smallest absolute Gasteiger partial charge is 0.257 e. The largest absolute Gasteiger partial charge is 0.494 e. The van der Waals surface area contributed by atoms with E-state index in [4.69, 9.17) is 9.72 Å². The van der Waals surface area contributed by atoms with E-state index in [9.17, 15) is 10.1 Å². The predicted octanol–water partition coefficient (Wildman–Crippen LogP) is 7.46. The summed E-state index contributed by atoms with van der Waals surface area (Å²) < 4.78 is 5.65. The average Bonchev–Trinajstić information content (AvgIpc) is 3.23. The van der Waals surface area contributed by atoms with Crippen LogP contribution >= 0.6 is 11.3 Å². The fraction of sp³-hybridized carbons (Fsp3) is 0.100. The van der Waals surface area contributed by atoms with E-state index in [0.717, 1.165) is 38.2 Å². The van der Waals surface area contributed by atoms with E-state index in [1.807, 2.05) is 92.7 Å². The first kappa shape index (κ1) is 23.3. The number of ether oxygens (including phenoxy) is 1. The molecule has 176 valence electrons. The molecule has 2 heterocycles. The number of thiophene rings is 1. The number of hydrogen-bond donors (Lipinski definition) is 1. The van der Waals surface area contributed by atoms with Gasteiger partial charge in [0.2, 0.25) is 0 Å². The predicted molar refractivity (Wildman–Crippen MR) is 146 cm³/mol.